The number of nitrogens with one attached hydrogen (secondary N) is 1. The lowest BCUT2D eigenvalue weighted by Crippen LogP contribution is -2.14. The van der Waals surface area contributed by atoms with Crippen molar-refractivity contribution in [1.29, 1.82) is 0 Å². The number of nitrogens with zero attached hydrogens (tertiary/aromatic N) is 5. The molecule has 164 valence electrons. The monoisotopic (exact) mass is 484 g/mol. The number of rotatable bonds is 7. The van der Waals surface area contributed by atoms with Crippen LogP contribution in [0, 0.1) is 0 Å². The molecule has 0 bridgehead atoms. The number of thiazole rings is 1. The molecule has 0 aliphatic carbocycles. The van der Waals surface area contributed by atoms with Gasteiger partial charge >= 0.3 is 0 Å². The number of hydrogen-bond acceptors (Lipinski definition) is 7. The van der Waals surface area contributed by atoms with Crippen LogP contribution >= 0.6 is 34.7 Å². The molecule has 2 aromatic heterocycles. The first-order valence-corrected chi connectivity index (χ1v) is 12.0. The summed E-state index contributed by atoms with van der Waals surface area (Å²) in [7, 11) is 5.89. The molecule has 0 atom stereocenters. The number of anilines is 2. The van der Waals surface area contributed by atoms with E-state index in [9.17, 15) is 4.79 Å². The van der Waals surface area contributed by atoms with Gasteiger partial charge in [0.05, 0.1) is 11.4 Å². The zero-order valence-electron chi connectivity index (χ0n) is 17.7. The van der Waals surface area contributed by atoms with E-state index in [0.717, 1.165) is 28.3 Å². The van der Waals surface area contributed by atoms with Crippen molar-refractivity contribution in [1.82, 2.24) is 19.7 Å². The van der Waals surface area contributed by atoms with Gasteiger partial charge in [-0.15, -0.1) is 21.5 Å². The van der Waals surface area contributed by atoms with Gasteiger partial charge in [-0.2, -0.15) is 0 Å². The first kappa shape index (κ1) is 22.3. The maximum Gasteiger partial charge on any atom is 0.236 e. The van der Waals surface area contributed by atoms with Crippen LogP contribution in [0.1, 0.15) is 0 Å². The molecule has 4 rings (SSSR count). The molecule has 0 aliphatic rings. The predicted molar refractivity (Wildman–Crippen MR) is 133 cm³/mol. The van der Waals surface area contributed by atoms with E-state index in [2.05, 4.69) is 26.6 Å². The molecule has 10 heteroatoms. The molecule has 0 unspecified atom stereocenters. The topological polar surface area (TPSA) is 75.9 Å². The first-order valence-electron chi connectivity index (χ1n) is 9.72. The average Bonchev–Trinajstić information content (AvgIpc) is 3.39. The summed E-state index contributed by atoms with van der Waals surface area (Å²) in [6, 6.07) is 15.5. The average molecular weight is 485 g/mol. The third-order valence-corrected chi connectivity index (χ3v) is 6.71. The molecular weight excluding hydrogens is 464 g/mol. The fraction of sp³-hybridized carbons (Fsp3) is 0.182. The van der Waals surface area contributed by atoms with Crippen molar-refractivity contribution in [3.05, 3.63) is 58.9 Å². The van der Waals surface area contributed by atoms with Gasteiger partial charge in [0, 0.05) is 48.4 Å². The van der Waals surface area contributed by atoms with Crippen LogP contribution in [-0.2, 0) is 11.8 Å². The molecule has 1 N–H and O–H groups in total. The minimum Gasteiger partial charge on any atom is -0.378 e. The molecule has 4 aromatic rings. The first-order chi connectivity index (χ1) is 15.4. The van der Waals surface area contributed by atoms with E-state index in [1.807, 2.05) is 78.5 Å². The van der Waals surface area contributed by atoms with Gasteiger partial charge in [0.25, 0.3) is 0 Å². The smallest absolute Gasteiger partial charge is 0.236 e. The normalized spacial score (nSPS) is 10.9. The Morgan fingerprint density at radius 1 is 1.16 bits per heavy atom. The van der Waals surface area contributed by atoms with E-state index in [1.54, 1.807) is 0 Å². The summed E-state index contributed by atoms with van der Waals surface area (Å²) >= 11 is 8.65. The maximum absolute atomic E-state index is 12.4. The Balaban J connectivity index is 1.38. The van der Waals surface area contributed by atoms with Crippen molar-refractivity contribution in [3.8, 4) is 22.6 Å². The van der Waals surface area contributed by atoms with Crippen molar-refractivity contribution in [2.75, 3.05) is 30.1 Å². The SMILES string of the molecule is CN(C)c1cccc(-c2nnc(SCC(=O)Nc3nc(-c4ccc(Cl)cc4)cs3)n2C)c1. The summed E-state index contributed by atoms with van der Waals surface area (Å²) < 4.78 is 1.90. The number of hydrogen-bond donors (Lipinski definition) is 1. The molecule has 0 spiro atoms. The molecular formula is C22H21ClN6OS2. The minimum atomic E-state index is -0.147. The van der Waals surface area contributed by atoms with Gasteiger partial charge in [0.1, 0.15) is 0 Å². The molecule has 0 saturated carbocycles. The highest BCUT2D eigenvalue weighted by Crippen LogP contribution is 2.27. The summed E-state index contributed by atoms with van der Waals surface area (Å²) in [5, 5.41) is 15.2. The number of amides is 1. The van der Waals surface area contributed by atoms with E-state index in [-0.39, 0.29) is 11.7 Å². The number of thioether (sulfide) groups is 1. The van der Waals surface area contributed by atoms with Crippen molar-refractivity contribution in [2.45, 2.75) is 5.16 Å². The number of halogens is 1. The fourth-order valence-corrected chi connectivity index (χ4v) is 4.56. The van der Waals surface area contributed by atoms with E-state index in [1.165, 1.54) is 23.1 Å². The lowest BCUT2D eigenvalue weighted by molar-refractivity contribution is -0.113. The highest BCUT2D eigenvalue weighted by atomic mass is 35.5. The highest BCUT2D eigenvalue weighted by Gasteiger charge is 2.14. The molecule has 0 fully saturated rings. The molecule has 7 nitrogen and oxygen atoms in total. The van der Waals surface area contributed by atoms with Crippen LogP contribution in [0.5, 0.6) is 0 Å². The Kier molecular flexibility index (Phi) is 6.78. The zero-order valence-corrected chi connectivity index (χ0v) is 20.1. The predicted octanol–water partition coefficient (Wildman–Crippen LogP) is 5.06. The Bertz CT molecular complexity index is 1240. The summed E-state index contributed by atoms with van der Waals surface area (Å²) in [5.74, 6) is 0.815. The molecule has 1 amide bonds. The lowest BCUT2D eigenvalue weighted by Gasteiger charge is -2.13. The molecule has 0 radical (unpaired) electrons. The van der Waals surface area contributed by atoms with E-state index < -0.39 is 0 Å². The van der Waals surface area contributed by atoms with E-state index >= 15 is 0 Å². The zero-order chi connectivity index (χ0) is 22.7. The molecule has 2 aromatic carbocycles. The molecule has 0 saturated heterocycles. The van der Waals surface area contributed by atoms with Crippen LogP contribution in [-0.4, -0.2) is 45.5 Å². The van der Waals surface area contributed by atoms with Gasteiger partial charge in [-0.25, -0.2) is 4.98 Å². The van der Waals surface area contributed by atoms with Crippen molar-refractivity contribution in [3.63, 3.8) is 0 Å². The summed E-state index contributed by atoms with van der Waals surface area (Å²) in [4.78, 5) is 19.0. The van der Waals surface area contributed by atoms with Gasteiger partial charge in [0.15, 0.2) is 16.1 Å². The number of benzene rings is 2. The van der Waals surface area contributed by atoms with Crippen LogP contribution in [0.25, 0.3) is 22.6 Å². The summed E-state index contributed by atoms with van der Waals surface area (Å²) in [5.41, 5.74) is 3.80. The van der Waals surface area contributed by atoms with Gasteiger partial charge in [-0.3, -0.25) is 4.79 Å². The van der Waals surface area contributed by atoms with E-state index in [4.69, 9.17) is 11.6 Å². The lowest BCUT2D eigenvalue weighted by atomic mass is 10.2. The third-order valence-electron chi connectivity index (χ3n) is 4.68. The Morgan fingerprint density at radius 3 is 2.69 bits per heavy atom. The van der Waals surface area contributed by atoms with Crippen LogP contribution in [0.4, 0.5) is 10.8 Å². The maximum atomic E-state index is 12.4. The molecule has 32 heavy (non-hydrogen) atoms. The minimum absolute atomic E-state index is 0.147. The second kappa shape index (κ2) is 9.72. The highest BCUT2D eigenvalue weighted by molar-refractivity contribution is 7.99. The van der Waals surface area contributed by atoms with Crippen molar-refractivity contribution in [2.24, 2.45) is 7.05 Å². The van der Waals surface area contributed by atoms with Gasteiger partial charge in [-0.05, 0) is 24.3 Å². The van der Waals surface area contributed by atoms with Crippen LogP contribution in [0.3, 0.4) is 0 Å². The fourth-order valence-electron chi connectivity index (χ4n) is 2.98. The van der Waals surface area contributed by atoms with Gasteiger partial charge in [0.2, 0.25) is 5.91 Å². The quantitative estimate of drug-likeness (QED) is 0.370. The standard InChI is InChI=1S/C22H21ClN6OS2/c1-28(2)17-6-4-5-15(11-17)20-26-27-22(29(20)3)32-13-19(30)25-21-24-18(12-31-21)14-7-9-16(23)10-8-14/h4-12H,13H2,1-3H3,(H,24,25,30). The number of aromatic nitrogens is 4. The third kappa shape index (κ3) is 5.12. The van der Waals surface area contributed by atoms with E-state index in [0.29, 0.717) is 15.3 Å². The van der Waals surface area contributed by atoms with Gasteiger partial charge in [-0.1, -0.05) is 47.6 Å². The molecule has 0 aliphatic heterocycles. The van der Waals surface area contributed by atoms with Crippen LogP contribution < -0.4 is 10.2 Å². The number of carbonyl (C=O) groups excluding carboxylic acids is 1. The molecule has 2 heterocycles. The number of carbonyl (C=O) groups is 1. The van der Waals surface area contributed by atoms with Gasteiger partial charge < -0.3 is 14.8 Å². The summed E-state index contributed by atoms with van der Waals surface area (Å²) in [6.45, 7) is 0. The largest absolute Gasteiger partial charge is 0.378 e. The Labute approximate surface area is 199 Å². The second-order valence-electron chi connectivity index (χ2n) is 7.19. The summed E-state index contributed by atoms with van der Waals surface area (Å²) in [6.07, 6.45) is 0. The van der Waals surface area contributed by atoms with Crippen molar-refractivity contribution < 1.29 is 4.79 Å². The second-order valence-corrected chi connectivity index (χ2v) is 9.43. The van der Waals surface area contributed by atoms with Crippen molar-refractivity contribution >= 4 is 51.4 Å². The van der Waals surface area contributed by atoms with Crippen LogP contribution in [0.15, 0.2) is 59.1 Å². The Hall–Kier alpha value is -2.88. The Morgan fingerprint density at radius 2 is 1.94 bits per heavy atom. The van der Waals surface area contributed by atoms with Crippen LogP contribution in [0.2, 0.25) is 5.02 Å².